The van der Waals surface area contributed by atoms with Gasteiger partial charge in [0.05, 0.1) is 6.61 Å². The molecule has 10 heteroatoms. The van der Waals surface area contributed by atoms with Crippen molar-refractivity contribution in [1.82, 2.24) is 10.2 Å². The Morgan fingerprint density at radius 2 is 1.89 bits per heavy atom. The van der Waals surface area contributed by atoms with Crippen molar-refractivity contribution in [3.8, 4) is 0 Å². The van der Waals surface area contributed by atoms with Crippen LogP contribution in [-0.2, 0) is 23.8 Å². The number of rotatable bonds is 7. The maximum atomic E-state index is 13.1. The normalized spacial score (nSPS) is 22.9. The molecule has 0 spiro atoms. The lowest BCUT2D eigenvalue weighted by atomic mass is 9.95. The Bertz CT molecular complexity index is 576. The van der Waals surface area contributed by atoms with E-state index in [-0.39, 0.29) is 13.0 Å². The average Bonchev–Trinajstić information content (AvgIpc) is 3.02. The number of carbonyl (C=O) groups is 3. The zero-order chi connectivity index (χ0) is 21.7. The second-order valence-corrected chi connectivity index (χ2v) is 7.87. The van der Waals surface area contributed by atoms with Crippen LogP contribution in [0, 0.1) is 0 Å². The monoisotopic (exact) mass is 404 g/mol. The van der Waals surface area contributed by atoms with Crippen LogP contribution >= 0.6 is 0 Å². The summed E-state index contributed by atoms with van der Waals surface area (Å²) in [5.41, 5.74) is -2.32. The molecular weight excluding hydrogens is 372 g/mol. The van der Waals surface area contributed by atoms with Gasteiger partial charge in [0.15, 0.2) is 6.29 Å². The smallest absolute Gasteiger partial charge is 0.411 e. The summed E-state index contributed by atoms with van der Waals surface area (Å²) in [7, 11) is 1.23. The predicted octanol–water partition coefficient (Wildman–Crippen LogP) is 0.150. The summed E-state index contributed by atoms with van der Waals surface area (Å²) in [5, 5.41) is 22.6. The molecule has 3 N–H and O–H groups in total. The molecule has 0 aliphatic carbocycles. The second kappa shape index (κ2) is 9.53. The van der Waals surface area contributed by atoms with Crippen LogP contribution in [0.4, 0.5) is 4.79 Å². The van der Waals surface area contributed by atoms with E-state index in [2.05, 4.69) is 5.32 Å². The molecule has 0 aromatic rings. The number of nitrogens with one attached hydrogen (secondary N) is 1. The van der Waals surface area contributed by atoms with Gasteiger partial charge in [-0.15, -0.1) is 0 Å². The van der Waals surface area contributed by atoms with Gasteiger partial charge in [-0.1, -0.05) is 0 Å². The minimum atomic E-state index is -1.55. The van der Waals surface area contributed by atoms with Gasteiger partial charge in [-0.3, -0.25) is 14.5 Å². The Balaban J connectivity index is 3.08. The van der Waals surface area contributed by atoms with E-state index in [1.807, 2.05) is 0 Å². The van der Waals surface area contributed by atoms with Crippen LogP contribution in [-0.4, -0.2) is 82.9 Å². The molecule has 162 valence electrons. The van der Waals surface area contributed by atoms with Crippen LogP contribution in [0.5, 0.6) is 0 Å². The first-order valence-electron chi connectivity index (χ1n) is 9.18. The first-order chi connectivity index (χ1) is 12.9. The molecule has 0 radical (unpaired) electrons. The van der Waals surface area contributed by atoms with Crippen molar-refractivity contribution in [3.63, 3.8) is 0 Å². The first-order valence-corrected chi connectivity index (χ1v) is 9.18. The number of esters is 1. The molecule has 10 nitrogen and oxygen atoms in total. The molecule has 1 aliphatic heterocycles. The third kappa shape index (κ3) is 5.79. The third-order valence-electron chi connectivity index (χ3n) is 4.49. The van der Waals surface area contributed by atoms with Crippen molar-refractivity contribution >= 4 is 18.0 Å². The maximum absolute atomic E-state index is 13.1. The number of methoxy groups -OCH3 is 1. The molecule has 0 bridgehead atoms. The molecule has 1 rings (SSSR count). The standard InChI is InChI=1S/C18H32N2O8/c1-11(27-12(2)22)13(14(23)26-6)19-15(24)18(10-21)8-7-9-20(18)16(25)28-17(3,4)5/h11,13-14,21,23H,7-10H2,1-6H3,(H,19,24)/t11-,13+,14?,18?/m1/s1. The van der Waals surface area contributed by atoms with Crippen molar-refractivity contribution in [1.29, 1.82) is 0 Å². The van der Waals surface area contributed by atoms with Crippen molar-refractivity contribution in [2.24, 2.45) is 0 Å². The quantitative estimate of drug-likeness (QED) is 0.403. The summed E-state index contributed by atoms with van der Waals surface area (Å²) in [5.74, 6) is -1.29. The molecule has 4 atom stereocenters. The van der Waals surface area contributed by atoms with E-state index in [1.54, 1.807) is 20.8 Å². The summed E-state index contributed by atoms with van der Waals surface area (Å²) in [4.78, 5) is 38.1. The lowest BCUT2D eigenvalue weighted by Gasteiger charge is -2.38. The Kier molecular flexibility index (Phi) is 8.21. The minimum absolute atomic E-state index is 0.215. The van der Waals surface area contributed by atoms with E-state index >= 15 is 0 Å². The van der Waals surface area contributed by atoms with Crippen molar-refractivity contribution in [2.45, 2.75) is 77.0 Å². The topological polar surface area (TPSA) is 135 Å². The number of carbonyl (C=O) groups excluding carboxylic acids is 3. The van der Waals surface area contributed by atoms with Crippen LogP contribution in [0.15, 0.2) is 0 Å². The highest BCUT2D eigenvalue weighted by Crippen LogP contribution is 2.31. The van der Waals surface area contributed by atoms with Crippen LogP contribution in [0.25, 0.3) is 0 Å². The summed E-state index contributed by atoms with van der Waals surface area (Å²) in [6.45, 7) is 7.40. The minimum Gasteiger partial charge on any atom is -0.460 e. The number of nitrogens with zero attached hydrogens (tertiary/aromatic N) is 1. The van der Waals surface area contributed by atoms with Crippen LogP contribution in [0.1, 0.15) is 47.5 Å². The fraction of sp³-hybridized carbons (Fsp3) is 0.833. The lowest BCUT2D eigenvalue weighted by Crippen LogP contribution is -2.64. The summed E-state index contributed by atoms with van der Waals surface area (Å²) in [6.07, 6.45) is -2.39. The van der Waals surface area contributed by atoms with Gasteiger partial charge in [-0.25, -0.2) is 4.79 Å². The Morgan fingerprint density at radius 3 is 2.36 bits per heavy atom. The van der Waals surface area contributed by atoms with Crippen LogP contribution < -0.4 is 5.32 Å². The molecule has 0 aromatic carbocycles. The number of hydrogen-bond donors (Lipinski definition) is 3. The largest absolute Gasteiger partial charge is 0.460 e. The second-order valence-electron chi connectivity index (χ2n) is 7.87. The van der Waals surface area contributed by atoms with Crippen molar-refractivity contribution < 1.29 is 38.8 Å². The number of likely N-dealkylation sites (tertiary alicyclic amines) is 1. The SMILES string of the molecule is COC(O)[C@@H](NC(=O)C1(CO)CCCN1C(=O)OC(C)(C)C)[C@@H](C)OC(C)=O. The van der Waals surface area contributed by atoms with Gasteiger partial charge < -0.3 is 29.7 Å². The number of ether oxygens (including phenoxy) is 3. The number of amides is 2. The van der Waals surface area contributed by atoms with Crippen molar-refractivity contribution in [2.75, 3.05) is 20.3 Å². The van der Waals surface area contributed by atoms with Gasteiger partial charge in [0.25, 0.3) is 0 Å². The molecule has 0 aromatic heterocycles. The van der Waals surface area contributed by atoms with Gasteiger partial charge in [-0.2, -0.15) is 0 Å². The maximum Gasteiger partial charge on any atom is 0.411 e. The van der Waals surface area contributed by atoms with Crippen LogP contribution in [0.3, 0.4) is 0 Å². The van der Waals surface area contributed by atoms with E-state index in [4.69, 9.17) is 14.2 Å². The third-order valence-corrected chi connectivity index (χ3v) is 4.49. The fourth-order valence-electron chi connectivity index (χ4n) is 3.12. The molecule has 2 amide bonds. The van der Waals surface area contributed by atoms with E-state index < -0.39 is 54.2 Å². The Labute approximate surface area is 165 Å². The Morgan fingerprint density at radius 1 is 1.29 bits per heavy atom. The highest BCUT2D eigenvalue weighted by molar-refractivity contribution is 5.91. The molecular formula is C18H32N2O8. The molecule has 1 aliphatic rings. The zero-order valence-electron chi connectivity index (χ0n) is 17.4. The Hall–Kier alpha value is -1.91. The molecule has 2 unspecified atom stereocenters. The number of hydrogen-bond acceptors (Lipinski definition) is 8. The van der Waals surface area contributed by atoms with E-state index in [0.717, 1.165) is 0 Å². The predicted molar refractivity (Wildman–Crippen MR) is 98.2 cm³/mol. The van der Waals surface area contributed by atoms with E-state index in [9.17, 15) is 24.6 Å². The zero-order valence-corrected chi connectivity index (χ0v) is 17.4. The number of aliphatic hydroxyl groups is 2. The van der Waals surface area contributed by atoms with Gasteiger partial charge in [0.2, 0.25) is 5.91 Å². The molecule has 1 saturated heterocycles. The summed E-state index contributed by atoms with van der Waals surface area (Å²) < 4.78 is 15.3. The lowest BCUT2D eigenvalue weighted by molar-refractivity contribution is -0.163. The van der Waals surface area contributed by atoms with Crippen LogP contribution in [0.2, 0.25) is 0 Å². The molecule has 1 heterocycles. The average molecular weight is 404 g/mol. The highest BCUT2D eigenvalue weighted by atomic mass is 16.6. The first kappa shape index (κ1) is 24.1. The van der Waals surface area contributed by atoms with Gasteiger partial charge >= 0.3 is 12.1 Å². The fourth-order valence-corrected chi connectivity index (χ4v) is 3.12. The van der Waals surface area contributed by atoms with E-state index in [1.165, 1.54) is 25.9 Å². The molecule has 0 saturated carbocycles. The molecule has 28 heavy (non-hydrogen) atoms. The van der Waals surface area contributed by atoms with Gasteiger partial charge in [-0.05, 0) is 40.5 Å². The highest BCUT2D eigenvalue weighted by Gasteiger charge is 2.51. The summed E-state index contributed by atoms with van der Waals surface area (Å²) >= 11 is 0. The van der Waals surface area contributed by atoms with Gasteiger partial charge in [0.1, 0.15) is 23.3 Å². The van der Waals surface area contributed by atoms with E-state index in [0.29, 0.717) is 6.42 Å². The number of aliphatic hydroxyl groups excluding tert-OH is 2. The van der Waals surface area contributed by atoms with Crippen molar-refractivity contribution in [3.05, 3.63) is 0 Å². The molecule has 1 fully saturated rings. The van der Waals surface area contributed by atoms with Gasteiger partial charge in [0, 0.05) is 20.6 Å². The summed E-state index contributed by atoms with van der Waals surface area (Å²) in [6, 6.07) is -1.11.